The van der Waals surface area contributed by atoms with Crippen LogP contribution in [0, 0.1) is 10.1 Å². The molecule has 0 aliphatic heterocycles. The molecule has 0 aliphatic rings. The highest BCUT2D eigenvalue weighted by Gasteiger charge is 2.19. The summed E-state index contributed by atoms with van der Waals surface area (Å²) in [5.41, 5.74) is 1.32. The van der Waals surface area contributed by atoms with E-state index in [1.807, 2.05) is 6.07 Å². The second-order valence-corrected chi connectivity index (χ2v) is 4.37. The molecular formula is C14H9N3O4. The number of carbonyl (C=O) groups is 1. The standard InChI is InChI=1S/C14H9N3O4/c18-14(19)9-5-6-12(17(20)21)13(7-9)16-8-15-10-3-1-2-4-11(10)16/h1-8H,(H,18,19). The number of hydrogen-bond acceptors (Lipinski definition) is 4. The molecule has 2 aromatic carbocycles. The molecule has 0 amide bonds. The van der Waals surface area contributed by atoms with Gasteiger partial charge in [0.2, 0.25) is 0 Å². The number of nitro groups is 1. The van der Waals surface area contributed by atoms with Gasteiger partial charge in [0.25, 0.3) is 5.69 Å². The van der Waals surface area contributed by atoms with E-state index < -0.39 is 10.9 Å². The molecule has 1 N–H and O–H groups in total. The summed E-state index contributed by atoms with van der Waals surface area (Å²) < 4.78 is 1.51. The highest BCUT2D eigenvalue weighted by molar-refractivity contribution is 5.89. The third-order valence-electron chi connectivity index (χ3n) is 3.13. The average Bonchev–Trinajstić information content (AvgIpc) is 2.90. The lowest BCUT2D eigenvalue weighted by atomic mass is 10.1. The van der Waals surface area contributed by atoms with Crippen LogP contribution >= 0.6 is 0 Å². The van der Waals surface area contributed by atoms with Crippen LogP contribution in [-0.4, -0.2) is 25.6 Å². The van der Waals surface area contributed by atoms with Gasteiger partial charge in [-0.3, -0.25) is 14.7 Å². The van der Waals surface area contributed by atoms with Gasteiger partial charge in [0.05, 0.1) is 21.5 Å². The average molecular weight is 283 g/mol. The molecule has 0 radical (unpaired) electrons. The second-order valence-electron chi connectivity index (χ2n) is 4.37. The summed E-state index contributed by atoms with van der Waals surface area (Å²) in [6.45, 7) is 0. The molecule has 0 unspecified atom stereocenters. The van der Waals surface area contributed by atoms with Crippen molar-refractivity contribution in [3.63, 3.8) is 0 Å². The van der Waals surface area contributed by atoms with Crippen molar-refractivity contribution in [3.8, 4) is 5.69 Å². The maximum atomic E-state index is 11.2. The van der Waals surface area contributed by atoms with E-state index in [9.17, 15) is 14.9 Å². The van der Waals surface area contributed by atoms with E-state index in [-0.39, 0.29) is 16.9 Å². The minimum Gasteiger partial charge on any atom is -0.478 e. The number of benzene rings is 2. The molecule has 0 atom stereocenters. The number of fused-ring (bicyclic) bond motifs is 1. The number of rotatable bonds is 3. The van der Waals surface area contributed by atoms with Crippen LogP contribution in [-0.2, 0) is 0 Å². The molecule has 0 fully saturated rings. The zero-order valence-corrected chi connectivity index (χ0v) is 10.6. The summed E-state index contributed by atoms with van der Waals surface area (Å²) in [7, 11) is 0. The van der Waals surface area contributed by atoms with Gasteiger partial charge in [0, 0.05) is 6.07 Å². The highest BCUT2D eigenvalue weighted by Crippen LogP contribution is 2.27. The molecule has 0 aliphatic carbocycles. The van der Waals surface area contributed by atoms with Crippen LogP contribution in [0.15, 0.2) is 48.8 Å². The van der Waals surface area contributed by atoms with E-state index in [2.05, 4.69) is 4.98 Å². The summed E-state index contributed by atoms with van der Waals surface area (Å²) in [4.78, 5) is 25.8. The first-order chi connectivity index (χ1) is 10.1. The van der Waals surface area contributed by atoms with Gasteiger partial charge in [0.15, 0.2) is 0 Å². The van der Waals surface area contributed by atoms with Crippen LogP contribution in [0.3, 0.4) is 0 Å². The van der Waals surface area contributed by atoms with E-state index in [1.54, 1.807) is 18.2 Å². The molecular weight excluding hydrogens is 274 g/mol. The molecule has 3 rings (SSSR count). The number of hydrogen-bond donors (Lipinski definition) is 1. The number of aromatic carboxylic acids is 1. The van der Waals surface area contributed by atoms with Crippen molar-refractivity contribution in [1.82, 2.24) is 9.55 Å². The Kier molecular flexibility index (Phi) is 2.87. The number of carboxylic acid groups (broad SMARTS) is 1. The Bertz CT molecular complexity index is 870. The van der Waals surface area contributed by atoms with Gasteiger partial charge in [-0.25, -0.2) is 9.78 Å². The van der Waals surface area contributed by atoms with E-state index in [1.165, 1.54) is 29.1 Å². The first kappa shape index (κ1) is 12.8. The lowest BCUT2D eigenvalue weighted by Crippen LogP contribution is -2.03. The molecule has 7 nitrogen and oxygen atoms in total. The van der Waals surface area contributed by atoms with Crippen LogP contribution in [0.4, 0.5) is 5.69 Å². The zero-order chi connectivity index (χ0) is 15.0. The number of aromatic nitrogens is 2. The fourth-order valence-electron chi connectivity index (χ4n) is 2.15. The SMILES string of the molecule is O=C(O)c1ccc([N+](=O)[O-])c(-n2cnc3ccccc32)c1. The van der Waals surface area contributed by atoms with Crippen LogP contribution < -0.4 is 0 Å². The Balaban J connectivity index is 2.31. The van der Waals surface area contributed by atoms with Crippen LogP contribution in [0.5, 0.6) is 0 Å². The zero-order valence-electron chi connectivity index (χ0n) is 10.6. The minimum absolute atomic E-state index is 0.0200. The summed E-state index contributed by atoms with van der Waals surface area (Å²) >= 11 is 0. The molecule has 0 spiro atoms. The molecule has 3 aromatic rings. The number of carboxylic acids is 1. The van der Waals surface area contributed by atoms with Crippen molar-refractivity contribution < 1.29 is 14.8 Å². The van der Waals surface area contributed by atoms with Gasteiger partial charge in [-0.1, -0.05) is 12.1 Å². The van der Waals surface area contributed by atoms with Gasteiger partial charge in [-0.05, 0) is 24.3 Å². The predicted octanol–water partition coefficient (Wildman–Crippen LogP) is 2.63. The lowest BCUT2D eigenvalue weighted by Gasteiger charge is -2.06. The molecule has 0 saturated carbocycles. The van der Waals surface area contributed by atoms with Crippen molar-refractivity contribution in [3.05, 3.63) is 64.5 Å². The van der Waals surface area contributed by atoms with E-state index in [0.717, 1.165) is 0 Å². The molecule has 7 heteroatoms. The Morgan fingerprint density at radius 3 is 2.71 bits per heavy atom. The number of nitrogens with zero attached hydrogens (tertiary/aromatic N) is 3. The van der Waals surface area contributed by atoms with Crippen molar-refractivity contribution in [2.75, 3.05) is 0 Å². The summed E-state index contributed by atoms with van der Waals surface area (Å²) in [6, 6.07) is 10.8. The topological polar surface area (TPSA) is 98.3 Å². The number of imidazole rings is 1. The van der Waals surface area contributed by atoms with Gasteiger partial charge < -0.3 is 5.11 Å². The normalized spacial score (nSPS) is 10.7. The maximum absolute atomic E-state index is 11.2. The summed E-state index contributed by atoms with van der Waals surface area (Å²) in [6.07, 6.45) is 1.44. The molecule has 0 saturated heterocycles. The lowest BCUT2D eigenvalue weighted by molar-refractivity contribution is -0.384. The van der Waals surface area contributed by atoms with E-state index >= 15 is 0 Å². The third-order valence-corrected chi connectivity index (χ3v) is 3.13. The van der Waals surface area contributed by atoms with Gasteiger partial charge in [0.1, 0.15) is 12.0 Å². The molecule has 0 bridgehead atoms. The highest BCUT2D eigenvalue weighted by atomic mass is 16.6. The molecule has 1 heterocycles. The minimum atomic E-state index is -1.14. The quantitative estimate of drug-likeness (QED) is 0.588. The Labute approximate surface area is 118 Å². The first-order valence-corrected chi connectivity index (χ1v) is 6.02. The molecule has 21 heavy (non-hydrogen) atoms. The van der Waals surface area contributed by atoms with Crippen LogP contribution in [0.1, 0.15) is 10.4 Å². The van der Waals surface area contributed by atoms with Gasteiger partial charge >= 0.3 is 5.97 Å². The predicted molar refractivity (Wildman–Crippen MR) is 74.7 cm³/mol. The number of para-hydroxylation sites is 2. The Morgan fingerprint density at radius 2 is 2.00 bits per heavy atom. The fourth-order valence-corrected chi connectivity index (χ4v) is 2.15. The Hall–Kier alpha value is -3.22. The van der Waals surface area contributed by atoms with Gasteiger partial charge in [-0.15, -0.1) is 0 Å². The largest absolute Gasteiger partial charge is 0.478 e. The number of nitro benzene ring substituents is 1. The molecule has 1 aromatic heterocycles. The van der Waals surface area contributed by atoms with Crippen molar-refractivity contribution in [2.45, 2.75) is 0 Å². The smallest absolute Gasteiger partial charge is 0.335 e. The van der Waals surface area contributed by atoms with E-state index in [4.69, 9.17) is 5.11 Å². The summed E-state index contributed by atoms with van der Waals surface area (Å²) in [5.74, 6) is -1.14. The van der Waals surface area contributed by atoms with Gasteiger partial charge in [-0.2, -0.15) is 0 Å². The fraction of sp³-hybridized carbons (Fsp3) is 0. The first-order valence-electron chi connectivity index (χ1n) is 6.02. The van der Waals surface area contributed by atoms with Crippen LogP contribution in [0.2, 0.25) is 0 Å². The second kappa shape index (κ2) is 4.71. The van der Waals surface area contributed by atoms with Crippen molar-refractivity contribution in [2.24, 2.45) is 0 Å². The maximum Gasteiger partial charge on any atom is 0.335 e. The monoisotopic (exact) mass is 283 g/mol. The molecule has 104 valence electrons. The Morgan fingerprint density at radius 1 is 1.24 bits per heavy atom. The summed E-state index contributed by atoms with van der Waals surface area (Å²) in [5, 5.41) is 20.2. The van der Waals surface area contributed by atoms with Crippen molar-refractivity contribution >= 4 is 22.7 Å². The van der Waals surface area contributed by atoms with Crippen LogP contribution in [0.25, 0.3) is 16.7 Å². The third kappa shape index (κ3) is 2.10. The van der Waals surface area contributed by atoms with E-state index in [0.29, 0.717) is 11.0 Å². The van der Waals surface area contributed by atoms with Crippen molar-refractivity contribution in [1.29, 1.82) is 0 Å².